The summed E-state index contributed by atoms with van der Waals surface area (Å²) in [6.07, 6.45) is 0. The molecule has 0 bridgehead atoms. The summed E-state index contributed by atoms with van der Waals surface area (Å²) in [6, 6.07) is 8.93. The van der Waals surface area contributed by atoms with Crippen LogP contribution in [0.2, 0.25) is 0 Å². The zero-order valence-electron chi connectivity index (χ0n) is 17.7. The van der Waals surface area contributed by atoms with E-state index in [0.29, 0.717) is 30.5 Å². The first-order chi connectivity index (χ1) is 15.3. The highest BCUT2D eigenvalue weighted by Gasteiger charge is 2.41. The number of nitrogens with zero attached hydrogens (tertiary/aromatic N) is 2. The summed E-state index contributed by atoms with van der Waals surface area (Å²) in [6.45, 7) is 0.835. The van der Waals surface area contributed by atoms with Crippen molar-refractivity contribution in [1.29, 1.82) is 0 Å². The highest BCUT2D eigenvalue weighted by Crippen LogP contribution is 2.37. The van der Waals surface area contributed by atoms with Crippen LogP contribution in [0.5, 0.6) is 23.0 Å². The Morgan fingerprint density at radius 2 is 1.44 bits per heavy atom. The molecule has 0 aromatic heterocycles. The first-order valence-corrected chi connectivity index (χ1v) is 12.8. The standard InChI is InChI=1S/C20H24N2O8S2/c1-27-15-3-6-20(19(13-15)28-2)32(25,26)22-9-7-21(8-10-22)31(23,24)16-4-5-17-18(14-16)30-12-11-29-17/h3-6,13-14H,7-12H2,1-2H3. The lowest BCUT2D eigenvalue weighted by atomic mass is 10.3. The van der Waals surface area contributed by atoms with Crippen LogP contribution in [0.15, 0.2) is 46.2 Å². The van der Waals surface area contributed by atoms with Crippen LogP contribution in [-0.4, -0.2) is 71.3 Å². The van der Waals surface area contributed by atoms with E-state index in [1.807, 2.05) is 0 Å². The first kappa shape index (κ1) is 23.0. The van der Waals surface area contributed by atoms with Crippen molar-refractivity contribution in [3.63, 3.8) is 0 Å². The van der Waals surface area contributed by atoms with Gasteiger partial charge in [0.2, 0.25) is 4.90 Å². The Balaban J connectivity index is 1.50. The molecule has 0 saturated carbocycles. The van der Waals surface area contributed by atoms with Crippen LogP contribution in [-0.2, 0) is 29.2 Å². The molecular formula is C20H24N2O8S2. The molecule has 0 N–H and O–H groups in total. The Morgan fingerprint density at radius 3 is 2.06 bits per heavy atom. The lowest BCUT2D eigenvalue weighted by Gasteiger charge is -2.36. The van der Waals surface area contributed by atoms with E-state index in [1.54, 1.807) is 6.07 Å². The van der Waals surface area contributed by atoms with Crippen LogP contribution in [0.25, 0.3) is 0 Å². The zero-order valence-corrected chi connectivity index (χ0v) is 19.3. The smallest absolute Gasteiger partial charge is 0.217 e. The third-order valence-electron chi connectivity index (χ3n) is 5.34. The fourth-order valence-electron chi connectivity index (χ4n) is 3.61. The van der Waals surface area contributed by atoms with Crippen LogP contribution in [0, 0.1) is 0 Å². The van der Waals surface area contributed by atoms with Crippen molar-refractivity contribution in [2.45, 2.75) is 9.79 Å². The average molecular weight is 485 g/mol. The molecular weight excluding hydrogens is 460 g/mol. The van der Waals surface area contributed by atoms with Crippen molar-refractivity contribution in [2.24, 2.45) is 0 Å². The van der Waals surface area contributed by atoms with E-state index in [1.165, 1.54) is 53.2 Å². The van der Waals surface area contributed by atoms with Crippen LogP contribution in [0.1, 0.15) is 0 Å². The van der Waals surface area contributed by atoms with Gasteiger partial charge in [-0.25, -0.2) is 0 Å². The van der Waals surface area contributed by atoms with Gasteiger partial charge in [-0.1, -0.05) is 8.42 Å². The van der Waals surface area contributed by atoms with Gasteiger partial charge in [0.25, 0.3) is 0 Å². The molecule has 0 spiro atoms. The van der Waals surface area contributed by atoms with Gasteiger partial charge in [-0.15, -0.1) is 8.61 Å². The molecule has 2 unspecified atom stereocenters. The number of methoxy groups -OCH3 is 2. The van der Waals surface area contributed by atoms with Gasteiger partial charge in [-0.05, 0) is 18.2 Å². The van der Waals surface area contributed by atoms with Gasteiger partial charge in [0.1, 0.15) is 19.0 Å². The second-order valence-corrected chi connectivity index (χ2v) is 11.0. The molecule has 2 aromatic carbocycles. The maximum Gasteiger partial charge on any atom is 0.217 e. The predicted molar refractivity (Wildman–Crippen MR) is 114 cm³/mol. The number of hydrogen-bond acceptors (Lipinski definition) is 8. The van der Waals surface area contributed by atoms with Gasteiger partial charge in [-0.3, -0.25) is 0 Å². The van der Waals surface area contributed by atoms with E-state index in [4.69, 9.17) is 18.9 Å². The highest BCUT2D eigenvalue weighted by atomic mass is 32.3. The second kappa shape index (κ2) is 8.96. The number of fused-ring (bicyclic) bond motifs is 1. The van der Waals surface area contributed by atoms with Gasteiger partial charge < -0.3 is 28.1 Å². The number of rotatable bonds is 6. The Labute approximate surface area is 188 Å². The minimum absolute atomic E-state index is 0.00365. The molecule has 2 aromatic rings. The summed E-state index contributed by atoms with van der Waals surface area (Å²) >= 11 is 0. The van der Waals surface area contributed by atoms with E-state index in [0.717, 1.165) is 0 Å². The number of piperazine rings is 1. The first-order valence-electron chi connectivity index (χ1n) is 9.89. The molecule has 174 valence electrons. The van der Waals surface area contributed by atoms with Crippen molar-refractivity contribution in [3.8, 4) is 23.0 Å². The lowest BCUT2D eigenvalue weighted by molar-refractivity contribution is 0.171. The van der Waals surface area contributed by atoms with Gasteiger partial charge in [0.15, 0.2) is 42.9 Å². The summed E-state index contributed by atoms with van der Waals surface area (Å²) < 4.78 is 76.3. The molecule has 10 nitrogen and oxygen atoms in total. The molecule has 0 aliphatic carbocycles. The molecule has 0 radical (unpaired) electrons. The number of benzene rings is 2. The van der Waals surface area contributed by atoms with Gasteiger partial charge in [-0.2, -0.15) is 0 Å². The summed E-state index contributed by atoms with van der Waals surface area (Å²) in [4.78, 5) is 0.0822. The summed E-state index contributed by atoms with van der Waals surface area (Å²) in [5.74, 6) is 1.51. The van der Waals surface area contributed by atoms with Crippen LogP contribution < -0.4 is 18.9 Å². The number of sulfonamides is 2. The minimum Gasteiger partial charge on any atom is -0.593 e. The SMILES string of the molecule is COc1ccc([S+](=O)([O-])N2CCN([S+](=O)([O-])c3ccc4c(c3)OCCO4)CC2)c(OC)c1. The average Bonchev–Trinajstić information content (AvgIpc) is 2.83. The second-order valence-electron chi connectivity index (χ2n) is 7.13. The molecule has 2 atom stereocenters. The molecule has 2 heterocycles. The summed E-state index contributed by atoms with van der Waals surface area (Å²) in [7, 11) is -4.84. The topological polar surface area (TPSA) is 124 Å². The third-order valence-corrected chi connectivity index (χ3v) is 9.17. The van der Waals surface area contributed by atoms with Crippen LogP contribution in [0.3, 0.4) is 0 Å². The van der Waals surface area contributed by atoms with E-state index >= 15 is 0 Å². The van der Waals surface area contributed by atoms with E-state index in [-0.39, 0.29) is 41.7 Å². The zero-order chi connectivity index (χ0) is 22.9. The largest absolute Gasteiger partial charge is 0.593 e. The van der Waals surface area contributed by atoms with Crippen LogP contribution >= 0.6 is 0 Å². The third kappa shape index (κ3) is 4.21. The molecule has 2 aliphatic heterocycles. The van der Waals surface area contributed by atoms with E-state index in [2.05, 4.69) is 0 Å². The molecule has 2 aliphatic rings. The summed E-state index contributed by atoms with van der Waals surface area (Å²) in [5, 5.41) is 0. The molecule has 4 rings (SSSR count). The fraction of sp³-hybridized carbons (Fsp3) is 0.400. The maximum atomic E-state index is 13.2. The Bertz CT molecular complexity index is 1090. The molecule has 1 saturated heterocycles. The van der Waals surface area contributed by atoms with Gasteiger partial charge in [0.05, 0.1) is 40.4 Å². The van der Waals surface area contributed by atoms with Crippen LogP contribution in [0.4, 0.5) is 0 Å². The van der Waals surface area contributed by atoms with Crippen molar-refractivity contribution in [2.75, 3.05) is 53.6 Å². The maximum absolute atomic E-state index is 13.2. The normalized spacial score (nSPS) is 20.8. The fourth-order valence-corrected chi connectivity index (χ4v) is 6.61. The Morgan fingerprint density at radius 1 is 0.812 bits per heavy atom. The molecule has 0 amide bonds. The van der Waals surface area contributed by atoms with Crippen molar-refractivity contribution in [1.82, 2.24) is 8.61 Å². The molecule has 32 heavy (non-hydrogen) atoms. The highest BCUT2D eigenvalue weighted by molar-refractivity contribution is 7.96. The van der Waals surface area contributed by atoms with E-state index < -0.39 is 20.8 Å². The lowest BCUT2D eigenvalue weighted by Crippen LogP contribution is -2.53. The number of hydrogen-bond donors (Lipinski definition) is 0. The monoisotopic (exact) mass is 484 g/mol. The number of ether oxygens (including phenoxy) is 4. The quantitative estimate of drug-likeness (QED) is 0.567. The molecule has 12 heteroatoms. The van der Waals surface area contributed by atoms with Gasteiger partial charge >= 0.3 is 0 Å². The summed E-state index contributed by atoms with van der Waals surface area (Å²) in [5.41, 5.74) is 0. The van der Waals surface area contributed by atoms with E-state index in [9.17, 15) is 17.5 Å². The van der Waals surface area contributed by atoms with Gasteiger partial charge in [0, 0.05) is 18.2 Å². The molecule has 1 fully saturated rings. The predicted octanol–water partition coefficient (Wildman–Crippen LogP) is 1.60. The van der Waals surface area contributed by atoms with Crippen molar-refractivity contribution >= 4 is 20.8 Å². The Hall–Kier alpha value is -2.22. The minimum atomic E-state index is -3.88. The van der Waals surface area contributed by atoms with Crippen molar-refractivity contribution < 1.29 is 36.5 Å². The Kier molecular flexibility index (Phi) is 6.43. The van der Waals surface area contributed by atoms with Crippen molar-refractivity contribution in [3.05, 3.63) is 36.4 Å².